The molecule has 24 heavy (non-hydrogen) atoms. The van der Waals surface area contributed by atoms with Crippen LogP contribution in [0.5, 0.6) is 0 Å². The Hall–Kier alpha value is -2.52. The van der Waals surface area contributed by atoms with Gasteiger partial charge in [0, 0.05) is 43.0 Å². The molecule has 2 N–H and O–H groups in total. The predicted molar refractivity (Wildman–Crippen MR) is 92.2 cm³/mol. The third kappa shape index (κ3) is 5.28. The van der Waals surface area contributed by atoms with E-state index in [2.05, 4.69) is 10.6 Å². The van der Waals surface area contributed by atoms with Gasteiger partial charge in [0.1, 0.15) is 11.6 Å². The number of nitrogens with zero attached hydrogens (tertiary/aromatic N) is 2. The molecule has 0 radical (unpaired) electrons. The van der Waals surface area contributed by atoms with E-state index in [9.17, 15) is 9.59 Å². The first-order valence-corrected chi connectivity index (χ1v) is 8.16. The average Bonchev–Trinajstić information content (AvgIpc) is 2.97. The van der Waals surface area contributed by atoms with Gasteiger partial charge in [-0.15, -0.1) is 0 Å². The molecule has 0 aromatic heterocycles. The van der Waals surface area contributed by atoms with Gasteiger partial charge in [-0.3, -0.25) is 9.59 Å². The van der Waals surface area contributed by atoms with Gasteiger partial charge in [0.05, 0.1) is 0 Å². The standard InChI is InChI=1S/C17H19ClN4O2/c18-14-4-1-5-15(10-14)21-12-13(11-19)17(24)20-7-3-9-22-8-2-6-16(22)23/h1,4-5,10,12,21H,2-3,6-9H2,(H,20,24)/b13-12-. The number of hydrogen-bond acceptors (Lipinski definition) is 4. The van der Waals surface area contributed by atoms with Gasteiger partial charge in [-0.05, 0) is 31.0 Å². The van der Waals surface area contributed by atoms with Gasteiger partial charge in [-0.1, -0.05) is 17.7 Å². The minimum Gasteiger partial charge on any atom is -0.360 e. The lowest BCUT2D eigenvalue weighted by Gasteiger charge is -2.15. The molecular formula is C17H19ClN4O2. The first kappa shape index (κ1) is 17.8. The average molecular weight is 347 g/mol. The number of amides is 2. The van der Waals surface area contributed by atoms with E-state index < -0.39 is 5.91 Å². The summed E-state index contributed by atoms with van der Waals surface area (Å²) in [6.45, 7) is 1.84. The number of rotatable bonds is 7. The smallest absolute Gasteiger partial charge is 0.263 e. The molecule has 1 saturated heterocycles. The minimum atomic E-state index is -0.445. The fourth-order valence-electron chi connectivity index (χ4n) is 2.39. The molecule has 0 unspecified atom stereocenters. The SMILES string of the molecule is N#C/C(=C/Nc1cccc(Cl)c1)C(=O)NCCCN1CCCC1=O. The first-order valence-electron chi connectivity index (χ1n) is 7.78. The van der Waals surface area contributed by atoms with E-state index in [-0.39, 0.29) is 11.5 Å². The quantitative estimate of drug-likeness (QED) is 0.450. The summed E-state index contributed by atoms with van der Waals surface area (Å²) in [5.74, 6) is -0.274. The summed E-state index contributed by atoms with van der Waals surface area (Å²) in [6.07, 6.45) is 3.54. The van der Waals surface area contributed by atoms with Crippen LogP contribution in [0.15, 0.2) is 36.0 Å². The van der Waals surface area contributed by atoms with E-state index in [4.69, 9.17) is 16.9 Å². The predicted octanol–water partition coefficient (Wildman–Crippen LogP) is 2.29. The van der Waals surface area contributed by atoms with E-state index in [1.165, 1.54) is 6.20 Å². The lowest BCUT2D eigenvalue weighted by Crippen LogP contribution is -2.31. The summed E-state index contributed by atoms with van der Waals surface area (Å²) in [4.78, 5) is 25.2. The van der Waals surface area contributed by atoms with Gasteiger partial charge in [0.25, 0.3) is 5.91 Å². The van der Waals surface area contributed by atoms with Crippen LogP contribution in [-0.2, 0) is 9.59 Å². The highest BCUT2D eigenvalue weighted by Crippen LogP contribution is 2.15. The van der Waals surface area contributed by atoms with E-state index >= 15 is 0 Å². The van der Waals surface area contributed by atoms with Gasteiger partial charge in [-0.2, -0.15) is 5.26 Å². The molecule has 1 aliphatic heterocycles. The van der Waals surface area contributed by atoms with Crippen molar-refractivity contribution < 1.29 is 9.59 Å². The number of hydrogen-bond donors (Lipinski definition) is 2. The number of halogens is 1. The zero-order valence-corrected chi connectivity index (χ0v) is 14.0. The molecule has 7 heteroatoms. The van der Waals surface area contributed by atoms with Crippen molar-refractivity contribution in [3.05, 3.63) is 41.1 Å². The molecular weight excluding hydrogens is 328 g/mol. The molecule has 2 amide bonds. The Labute approximate surface area is 146 Å². The minimum absolute atomic E-state index is 0.0211. The zero-order valence-electron chi connectivity index (χ0n) is 13.2. The van der Waals surface area contributed by atoms with Crippen molar-refractivity contribution in [1.82, 2.24) is 10.2 Å². The summed E-state index contributed by atoms with van der Waals surface area (Å²) in [7, 11) is 0. The van der Waals surface area contributed by atoms with Gasteiger partial charge in [0.15, 0.2) is 0 Å². The first-order chi connectivity index (χ1) is 11.6. The second-order valence-corrected chi connectivity index (χ2v) is 5.85. The van der Waals surface area contributed by atoms with Crippen LogP contribution in [0.1, 0.15) is 19.3 Å². The normalized spacial score (nSPS) is 14.4. The van der Waals surface area contributed by atoms with Crippen LogP contribution in [-0.4, -0.2) is 36.3 Å². The number of nitrogens with one attached hydrogen (secondary N) is 2. The van der Waals surface area contributed by atoms with Crippen molar-refractivity contribution >= 4 is 29.1 Å². The highest BCUT2D eigenvalue weighted by atomic mass is 35.5. The fourth-order valence-corrected chi connectivity index (χ4v) is 2.58. The van der Waals surface area contributed by atoms with Gasteiger partial charge in [0.2, 0.25) is 5.91 Å². The summed E-state index contributed by atoms with van der Waals surface area (Å²) >= 11 is 5.87. The van der Waals surface area contributed by atoms with Crippen LogP contribution in [0, 0.1) is 11.3 Å². The second kappa shape index (κ2) is 8.94. The number of benzene rings is 1. The Kier molecular flexibility index (Phi) is 6.64. The van der Waals surface area contributed by atoms with Crippen LogP contribution in [0.2, 0.25) is 5.02 Å². The topological polar surface area (TPSA) is 85.2 Å². The molecule has 1 fully saturated rings. The summed E-state index contributed by atoms with van der Waals surface area (Å²) in [5, 5.41) is 15.2. The van der Waals surface area contributed by atoms with Crippen molar-refractivity contribution in [2.24, 2.45) is 0 Å². The van der Waals surface area contributed by atoms with E-state index in [1.54, 1.807) is 29.2 Å². The van der Waals surface area contributed by atoms with Crippen molar-refractivity contribution in [3.63, 3.8) is 0 Å². The third-order valence-corrected chi connectivity index (χ3v) is 3.87. The Bertz CT molecular complexity index is 681. The Morgan fingerprint density at radius 2 is 2.29 bits per heavy atom. The number of anilines is 1. The Morgan fingerprint density at radius 1 is 1.46 bits per heavy atom. The molecule has 0 saturated carbocycles. The number of carbonyl (C=O) groups excluding carboxylic acids is 2. The summed E-state index contributed by atoms with van der Waals surface area (Å²) in [6, 6.07) is 8.84. The Balaban J connectivity index is 1.77. The van der Waals surface area contributed by atoms with Crippen LogP contribution in [0.3, 0.4) is 0 Å². The van der Waals surface area contributed by atoms with Crippen LogP contribution >= 0.6 is 11.6 Å². The molecule has 2 rings (SSSR count). The van der Waals surface area contributed by atoms with Crippen LogP contribution in [0.25, 0.3) is 0 Å². The van der Waals surface area contributed by atoms with Crippen molar-refractivity contribution in [2.45, 2.75) is 19.3 Å². The molecule has 0 bridgehead atoms. The van der Waals surface area contributed by atoms with Gasteiger partial charge < -0.3 is 15.5 Å². The maximum atomic E-state index is 12.0. The van der Waals surface area contributed by atoms with E-state index in [0.29, 0.717) is 36.6 Å². The Morgan fingerprint density at radius 3 is 2.96 bits per heavy atom. The van der Waals surface area contributed by atoms with Crippen LogP contribution in [0.4, 0.5) is 5.69 Å². The van der Waals surface area contributed by atoms with Crippen molar-refractivity contribution in [1.29, 1.82) is 5.26 Å². The van der Waals surface area contributed by atoms with Crippen molar-refractivity contribution in [3.8, 4) is 6.07 Å². The molecule has 1 heterocycles. The van der Waals surface area contributed by atoms with E-state index in [1.807, 2.05) is 6.07 Å². The van der Waals surface area contributed by atoms with Gasteiger partial charge >= 0.3 is 0 Å². The van der Waals surface area contributed by atoms with Gasteiger partial charge in [-0.25, -0.2) is 0 Å². The second-order valence-electron chi connectivity index (χ2n) is 5.42. The largest absolute Gasteiger partial charge is 0.360 e. The fraction of sp³-hybridized carbons (Fsp3) is 0.353. The monoisotopic (exact) mass is 346 g/mol. The summed E-state index contributed by atoms with van der Waals surface area (Å²) < 4.78 is 0. The number of carbonyl (C=O) groups is 2. The third-order valence-electron chi connectivity index (χ3n) is 3.63. The molecule has 126 valence electrons. The molecule has 6 nitrogen and oxygen atoms in total. The highest BCUT2D eigenvalue weighted by Gasteiger charge is 2.19. The highest BCUT2D eigenvalue weighted by molar-refractivity contribution is 6.30. The molecule has 0 atom stereocenters. The van der Waals surface area contributed by atoms with Crippen LogP contribution < -0.4 is 10.6 Å². The van der Waals surface area contributed by atoms with E-state index in [0.717, 1.165) is 13.0 Å². The molecule has 1 aromatic rings. The number of nitriles is 1. The number of likely N-dealkylation sites (tertiary alicyclic amines) is 1. The summed E-state index contributed by atoms with van der Waals surface area (Å²) in [5.41, 5.74) is 0.669. The molecule has 1 aliphatic rings. The molecule has 0 spiro atoms. The zero-order chi connectivity index (χ0) is 17.4. The van der Waals surface area contributed by atoms with Crippen molar-refractivity contribution in [2.75, 3.05) is 25.0 Å². The maximum absolute atomic E-state index is 12.0. The maximum Gasteiger partial charge on any atom is 0.263 e. The molecule has 1 aromatic carbocycles. The lowest BCUT2D eigenvalue weighted by molar-refractivity contribution is -0.127. The molecule has 0 aliphatic carbocycles. The lowest BCUT2D eigenvalue weighted by atomic mass is 10.2.